The molecule has 2 amide bonds. The molecule has 4 aliphatic heterocycles. The number of piperazine rings is 1. The maximum absolute atomic E-state index is 17.1. The molecule has 2 bridgehead atoms. The highest BCUT2D eigenvalue weighted by Crippen LogP contribution is 2.47. The number of fused-ring (bicyclic) bond motifs is 5. The Bertz CT molecular complexity index is 2940. The van der Waals surface area contributed by atoms with Crippen molar-refractivity contribution in [2.24, 2.45) is 11.3 Å². The van der Waals surface area contributed by atoms with E-state index in [9.17, 15) is 19.5 Å². The van der Waals surface area contributed by atoms with E-state index in [-0.39, 0.29) is 94.0 Å². The number of phenolic OH excluding ortho intramolecular Hbond substituents is 1. The maximum atomic E-state index is 17.1. The van der Waals surface area contributed by atoms with Gasteiger partial charge in [0.2, 0.25) is 5.91 Å². The van der Waals surface area contributed by atoms with E-state index in [1.54, 1.807) is 12.3 Å². The first-order valence-electron chi connectivity index (χ1n) is 23.3. The van der Waals surface area contributed by atoms with Gasteiger partial charge in [-0.25, -0.2) is 8.78 Å². The highest BCUT2D eigenvalue weighted by molar-refractivity contribution is 6.03. The van der Waals surface area contributed by atoms with Gasteiger partial charge in [0.15, 0.2) is 5.82 Å². The monoisotopic (exact) mass is 938 g/mol. The average molecular weight is 939 g/mol. The molecule has 4 fully saturated rings. The van der Waals surface area contributed by atoms with Crippen molar-refractivity contribution in [2.75, 3.05) is 51.3 Å². The minimum atomic E-state index is -0.748. The number of benzene rings is 3. The van der Waals surface area contributed by atoms with Crippen molar-refractivity contribution in [3.8, 4) is 47.2 Å². The van der Waals surface area contributed by atoms with Crippen LogP contribution in [0.3, 0.4) is 0 Å². The third-order valence-electron chi connectivity index (χ3n) is 14.1. The largest absolute Gasteiger partial charge is 0.508 e. The number of aromatic hydroxyl groups is 1. The minimum absolute atomic E-state index is 0.0187. The molecule has 356 valence electrons. The zero-order valence-corrected chi connectivity index (χ0v) is 38.1. The predicted octanol–water partition coefficient (Wildman–Crippen LogP) is 5.42. The molecule has 5 aliphatic rings. The number of aldehydes is 1. The molecule has 3 aromatic carbocycles. The van der Waals surface area contributed by atoms with Gasteiger partial charge in [-0.2, -0.15) is 9.97 Å². The Balaban J connectivity index is 0.00000193. The molecular formula is C52H52F2N8O7. The van der Waals surface area contributed by atoms with Crippen LogP contribution in [0.2, 0.25) is 0 Å². The number of nitrogens with one attached hydrogen (secondary N) is 2. The summed E-state index contributed by atoms with van der Waals surface area (Å²) in [5.41, 5.74) is 2.11. The number of rotatable bonds is 12. The number of hydrogen-bond donors (Lipinski definition) is 4. The fraction of sp³-hybridized carbons (Fsp3) is 0.404. The van der Waals surface area contributed by atoms with Crippen molar-refractivity contribution in [3.63, 3.8) is 0 Å². The van der Waals surface area contributed by atoms with Crippen molar-refractivity contribution >= 4 is 52.1 Å². The van der Waals surface area contributed by atoms with E-state index in [1.165, 1.54) is 36.2 Å². The fourth-order valence-corrected chi connectivity index (χ4v) is 10.4. The lowest BCUT2D eigenvalue weighted by atomic mass is 9.95. The van der Waals surface area contributed by atoms with Crippen LogP contribution >= 0.6 is 0 Å². The van der Waals surface area contributed by atoms with Crippen LogP contribution in [-0.4, -0.2) is 124 Å². The summed E-state index contributed by atoms with van der Waals surface area (Å²) in [4.78, 5) is 65.5. The maximum Gasteiger partial charge on any atom is 0.319 e. The van der Waals surface area contributed by atoms with Crippen LogP contribution in [0.4, 0.5) is 14.6 Å². The molecule has 3 unspecified atom stereocenters. The fourth-order valence-electron chi connectivity index (χ4n) is 10.4. The second-order valence-electron chi connectivity index (χ2n) is 18.6. The van der Waals surface area contributed by atoms with Gasteiger partial charge in [-0.15, -0.1) is 6.42 Å². The van der Waals surface area contributed by atoms with Gasteiger partial charge in [-0.05, 0) is 105 Å². The highest BCUT2D eigenvalue weighted by atomic mass is 19.1. The zero-order valence-electron chi connectivity index (χ0n) is 38.1. The molecule has 10 rings (SSSR count). The first-order valence-corrected chi connectivity index (χ1v) is 23.3. The van der Waals surface area contributed by atoms with Crippen LogP contribution in [0, 0.1) is 47.2 Å². The second-order valence-corrected chi connectivity index (χ2v) is 18.6. The van der Waals surface area contributed by atoms with E-state index in [0.717, 1.165) is 75.6 Å². The molecule has 69 heavy (non-hydrogen) atoms. The number of amides is 2. The number of likely N-dealkylation sites (N-methyl/N-ethyl adjacent to an activating group) is 1. The Kier molecular flexibility index (Phi) is 13.4. The molecule has 5 aromatic rings. The summed E-state index contributed by atoms with van der Waals surface area (Å²) >= 11 is 0. The summed E-state index contributed by atoms with van der Waals surface area (Å²) in [5.74, 6) is 7.94. The number of nitrogens with zero attached hydrogens (tertiary/aromatic N) is 6. The van der Waals surface area contributed by atoms with Gasteiger partial charge in [-0.1, -0.05) is 23.8 Å². The quantitative estimate of drug-likeness (QED) is 0.0918. The number of carboxylic acid groups (broad SMARTS) is 1. The Labute approximate surface area is 397 Å². The first kappa shape index (κ1) is 46.9. The molecule has 17 heteroatoms. The predicted molar refractivity (Wildman–Crippen MR) is 253 cm³/mol. The normalized spacial score (nSPS) is 19.7. The van der Waals surface area contributed by atoms with Gasteiger partial charge < -0.3 is 45.1 Å². The average Bonchev–Trinajstić information content (AvgIpc) is 3.93. The van der Waals surface area contributed by atoms with Crippen molar-refractivity contribution in [1.82, 2.24) is 35.4 Å². The van der Waals surface area contributed by atoms with Crippen molar-refractivity contribution in [1.29, 1.82) is 0 Å². The van der Waals surface area contributed by atoms with Crippen LogP contribution in [0.15, 0.2) is 48.7 Å². The summed E-state index contributed by atoms with van der Waals surface area (Å²) in [6, 6.07) is 11.0. The standard InChI is InChI=1S/C51H50F2N8O5.CH2O2/c1-3-37-41(52)13-9-32-22-36(63)23-39(43(32)37)45-44(53)46-40(24-55-45)47(60-26-34-10-11-35(27-60)56-34)58-50(57-46)66-29-51(16-17-51)28-59-18-14-30(15-19-59)6-7-31-8-12-38-33(21-31)25-61(49(38)65)42(5-4-20-62)48(64)54-2;2-1-3/h1,8-9,12-13,20-24,30,34-35,42,56,63H,4-5,10-11,14-19,25-29H2,2H3,(H,54,64);1H,(H,2,3). The third kappa shape index (κ3) is 9.62. The summed E-state index contributed by atoms with van der Waals surface area (Å²) in [7, 11) is 1.53. The van der Waals surface area contributed by atoms with Crippen LogP contribution in [0.25, 0.3) is 32.9 Å². The second kappa shape index (κ2) is 19.8. The number of piperidine rings is 1. The van der Waals surface area contributed by atoms with E-state index < -0.39 is 17.7 Å². The van der Waals surface area contributed by atoms with Gasteiger partial charge in [0, 0.05) is 91.3 Å². The summed E-state index contributed by atoms with van der Waals surface area (Å²) in [5, 5.41) is 25.0. The van der Waals surface area contributed by atoms with Gasteiger partial charge >= 0.3 is 6.01 Å². The number of halogens is 2. The topological polar surface area (TPSA) is 190 Å². The van der Waals surface area contributed by atoms with E-state index in [1.807, 2.05) is 12.1 Å². The SMILES string of the molecule is C#Cc1c(F)ccc2cc(O)cc(-c3ncc4c(N5CC6CCC(C5)N6)nc(OCC5(CN6CCC(C#Cc7ccc8c(c7)CN(C(CCC=O)C(=O)NC)C8=O)CC6)CC5)nc4c3F)c12.O=CO. The Hall–Kier alpha value is -7.21. The Morgan fingerprint density at radius 1 is 1.06 bits per heavy atom. The van der Waals surface area contributed by atoms with Crippen molar-refractivity contribution < 1.29 is 42.9 Å². The van der Waals surface area contributed by atoms with Gasteiger partial charge in [-0.3, -0.25) is 19.4 Å². The van der Waals surface area contributed by atoms with Crippen molar-refractivity contribution in [3.05, 3.63) is 82.5 Å². The van der Waals surface area contributed by atoms with E-state index in [4.69, 9.17) is 26.0 Å². The number of ether oxygens (including phenoxy) is 1. The molecule has 6 heterocycles. The van der Waals surface area contributed by atoms with Crippen LogP contribution in [0.5, 0.6) is 11.8 Å². The lowest BCUT2D eigenvalue weighted by Gasteiger charge is -2.34. The number of phenols is 1. The van der Waals surface area contributed by atoms with E-state index in [2.05, 4.69) is 48.2 Å². The van der Waals surface area contributed by atoms with Gasteiger partial charge in [0.1, 0.15) is 40.9 Å². The number of likely N-dealkylation sites (tertiary alicyclic amines) is 1. The van der Waals surface area contributed by atoms with E-state index in [0.29, 0.717) is 48.4 Å². The Morgan fingerprint density at radius 3 is 2.51 bits per heavy atom. The number of pyridine rings is 1. The molecule has 0 radical (unpaired) electrons. The number of aromatic nitrogens is 3. The lowest BCUT2D eigenvalue weighted by Crippen LogP contribution is -2.51. The molecule has 1 aliphatic carbocycles. The van der Waals surface area contributed by atoms with Gasteiger partial charge in [0.05, 0.1) is 17.6 Å². The minimum Gasteiger partial charge on any atom is -0.508 e. The molecule has 15 nitrogen and oxygen atoms in total. The molecule has 0 spiro atoms. The number of carbonyl (C=O) groups is 4. The summed E-state index contributed by atoms with van der Waals surface area (Å²) < 4.78 is 38.5. The zero-order chi connectivity index (χ0) is 48.4. The summed E-state index contributed by atoms with van der Waals surface area (Å²) in [6.07, 6.45) is 14.4. The Morgan fingerprint density at radius 2 is 1.81 bits per heavy atom. The van der Waals surface area contributed by atoms with Crippen LogP contribution in [-0.2, 0) is 20.9 Å². The number of anilines is 1. The lowest BCUT2D eigenvalue weighted by molar-refractivity contribution is -0.125. The highest BCUT2D eigenvalue weighted by Gasteiger charge is 2.46. The number of carbonyl (C=O) groups excluding carboxylic acids is 3. The van der Waals surface area contributed by atoms with Crippen LogP contribution in [0.1, 0.15) is 78.4 Å². The molecule has 3 atom stereocenters. The van der Waals surface area contributed by atoms with E-state index >= 15 is 8.78 Å². The van der Waals surface area contributed by atoms with Crippen LogP contribution < -0.4 is 20.3 Å². The molecule has 3 saturated heterocycles. The number of hydrogen-bond acceptors (Lipinski definition) is 12. The van der Waals surface area contributed by atoms with Crippen molar-refractivity contribution in [2.45, 2.75) is 76.0 Å². The molecular weight excluding hydrogens is 887 g/mol. The van der Waals surface area contributed by atoms with Gasteiger partial charge in [0.25, 0.3) is 12.4 Å². The molecule has 2 aromatic heterocycles. The number of terminal acetylenes is 1. The smallest absolute Gasteiger partial charge is 0.319 e. The summed E-state index contributed by atoms with van der Waals surface area (Å²) in [6.45, 7) is 4.40. The molecule has 4 N–H and O–H groups in total. The first-order chi connectivity index (χ1) is 33.4. The third-order valence-corrected chi connectivity index (χ3v) is 14.1. The molecule has 1 saturated carbocycles.